The van der Waals surface area contributed by atoms with Gasteiger partial charge in [-0.3, -0.25) is 10.0 Å². The molecular weight excluding hydrogens is 336 g/mol. The number of carbonyl (C=O) groups excluding carboxylic acids is 1. The van der Waals surface area contributed by atoms with Crippen LogP contribution in [0.1, 0.15) is 17.0 Å². The molecule has 0 bridgehead atoms. The van der Waals surface area contributed by atoms with Gasteiger partial charge in [0.1, 0.15) is 0 Å². The summed E-state index contributed by atoms with van der Waals surface area (Å²) in [7, 11) is 2.03. The highest BCUT2D eigenvalue weighted by Crippen LogP contribution is 2.29. The second kappa shape index (κ2) is 7.09. The van der Waals surface area contributed by atoms with Gasteiger partial charge in [0.25, 0.3) is 5.91 Å². The molecule has 1 amide bonds. The minimum Gasteiger partial charge on any atom is -0.351 e. The third-order valence-electron chi connectivity index (χ3n) is 4.97. The number of hydrogen-bond acceptors (Lipinski definition) is 2. The predicted octanol–water partition coefficient (Wildman–Crippen LogP) is 4.48. The molecule has 2 N–H and O–H groups in total. The number of nitrogens with zero attached hydrogens (tertiary/aromatic N) is 1. The summed E-state index contributed by atoms with van der Waals surface area (Å²) in [5, 5.41) is 10.4. The van der Waals surface area contributed by atoms with E-state index in [9.17, 15) is 4.79 Å². The largest absolute Gasteiger partial charge is 0.351 e. The van der Waals surface area contributed by atoms with Crippen LogP contribution in [0, 0.1) is 0 Å². The summed E-state index contributed by atoms with van der Waals surface area (Å²) >= 11 is 0. The van der Waals surface area contributed by atoms with Crippen LogP contribution < -0.4 is 5.48 Å². The molecule has 0 saturated carbocycles. The van der Waals surface area contributed by atoms with Crippen LogP contribution in [0.25, 0.3) is 22.0 Å². The number of nitrogens with one attached hydrogen (secondary N) is 1. The van der Waals surface area contributed by atoms with Gasteiger partial charge < -0.3 is 4.57 Å². The number of carbonyl (C=O) groups is 1. The van der Waals surface area contributed by atoms with Gasteiger partial charge in [-0.05, 0) is 40.5 Å². The predicted molar refractivity (Wildman–Crippen MR) is 107 cm³/mol. The molecule has 134 valence electrons. The molecule has 0 aliphatic rings. The maximum absolute atomic E-state index is 12.3. The van der Waals surface area contributed by atoms with Crippen LogP contribution in [-0.4, -0.2) is 15.7 Å². The topological polar surface area (TPSA) is 54.3 Å². The van der Waals surface area contributed by atoms with Crippen LogP contribution in [-0.2, 0) is 11.8 Å². The molecule has 1 heterocycles. The van der Waals surface area contributed by atoms with Crippen molar-refractivity contribution in [3.63, 3.8) is 0 Å². The summed E-state index contributed by atoms with van der Waals surface area (Å²) in [4.78, 5) is 12.3. The first kappa shape index (κ1) is 17.1. The molecule has 0 radical (unpaired) electrons. The molecule has 1 atom stereocenters. The number of benzene rings is 3. The molecule has 1 unspecified atom stereocenters. The lowest BCUT2D eigenvalue weighted by atomic mass is 9.89. The summed E-state index contributed by atoms with van der Waals surface area (Å²) in [6.45, 7) is 0. The third kappa shape index (κ3) is 3.23. The SMILES string of the molecule is Cn1ccc2cc(-c3ccc(C(C(=O)NO)c4ccccc4)cc3)ccc21. The summed E-state index contributed by atoms with van der Waals surface area (Å²) in [5.41, 5.74) is 6.86. The van der Waals surface area contributed by atoms with Crippen LogP contribution in [0.4, 0.5) is 0 Å². The molecule has 0 aliphatic heterocycles. The molecule has 0 saturated heterocycles. The molecule has 4 heteroatoms. The second-order valence-electron chi connectivity index (χ2n) is 6.64. The highest BCUT2D eigenvalue weighted by Gasteiger charge is 2.22. The van der Waals surface area contributed by atoms with Crippen LogP contribution in [0.2, 0.25) is 0 Å². The first-order chi connectivity index (χ1) is 13.2. The molecule has 3 aromatic carbocycles. The van der Waals surface area contributed by atoms with E-state index in [1.807, 2.05) is 61.6 Å². The zero-order valence-electron chi connectivity index (χ0n) is 15.0. The van der Waals surface area contributed by atoms with Crippen LogP contribution in [0.5, 0.6) is 0 Å². The van der Waals surface area contributed by atoms with Crippen molar-refractivity contribution in [3.8, 4) is 11.1 Å². The van der Waals surface area contributed by atoms with E-state index in [2.05, 4.69) is 35.0 Å². The van der Waals surface area contributed by atoms with E-state index in [1.165, 1.54) is 10.9 Å². The van der Waals surface area contributed by atoms with Crippen molar-refractivity contribution in [1.82, 2.24) is 10.0 Å². The normalized spacial score (nSPS) is 12.1. The smallest absolute Gasteiger partial charge is 0.255 e. The highest BCUT2D eigenvalue weighted by atomic mass is 16.5. The van der Waals surface area contributed by atoms with Gasteiger partial charge in [0.2, 0.25) is 0 Å². The monoisotopic (exact) mass is 356 g/mol. The Bertz CT molecular complexity index is 1080. The Balaban J connectivity index is 1.70. The van der Waals surface area contributed by atoms with E-state index < -0.39 is 11.8 Å². The van der Waals surface area contributed by atoms with Crippen molar-refractivity contribution in [3.05, 3.63) is 96.2 Å². The van der Waals surface area contributed by atoms with Gasteiger partial charge in [-0.25, -0.2) is 5.48 Å². The molecule has 0 aliphatic carbocycles. The minimum absolute atomic E-state index is 0.445. The molecule has 1 aromatic heterocycles. The molecular formula is C23H20N2O2. The number of aryl methyl sites for hydroxylation is 1. The Kier molecular flexibility index (Phi) is 4.48. The zero-order chi connectivity index (χ0) is 18.8. The Labute approximate surface area is 157 Å². The molecule has 4 aromatic rings. The van der Waals surface area contributed by atoms with Crippen LogP contribution in [0.15, 0.2) is 85.1 Å². The maximum Gasteiger partial charge on any atom is 0.255 e. The minimum atomic E-state index is -0.554. The van der Waals surface area contributed by atoms with Crippen molar-refractivity contribution in [2.24, 2.45) is 7.05 Å². The van der Waals surface area contributed by atoms with Gasteiger partial charge in [0, 0.05) is 24.1 Å². The standard InChI is InChI=1S/C23H20N2O2/c1-25-14-13-20-15-19(11-12-21(20)25)16-7-9-18(10-8-16)22(23(26)24-27)17-5-3-2-4-6-17/h2-15,22,27H,1H3,(H,24,26). The molecule has 0 spiro atoms. The first-order valence-corrected chi connectivity index (χ1v) is 8.81. The molecule has 4 rings (SSSR count). The van der Waals surface area contributed by atoms with Crippen molar-refractivity contribution >= 4 is 16.8 Å². The highest BCUT2D eigenvalue weighted by molar-refractivity contribution is 5.87. The summed E-state index contributed by atoms with van der Waals surface area (Å²) < 4.78 is 2.10. The van der Waals surface area contributed by atoms with E-state index in [0.29, 0.717) is 0 Å². The Hall–Kier alpha value is -3.37. The second-order valence-corrected chi connectivity index (χ2v) is 6.64. The molecule has 4 nitrogen and oxygen atoms in total. The lowest BCUT2D eigenvalue weighted by Gasteiger charge is -2.16. The summed E-state index contributed by atoms with van der Waals surface area (Å²) in [6.07, 6.45) is 2.05. The number of aromatic nitrogens is 1. The summed E-state index contributed by atoms with van der Waals surface area (Å²) in [6, 6.07) is 25.8. The van der Waals surface area contributed by atoms with Crippen molar-refractivity contribution in [2.45, 2.75) is 5.92 Å². The van der Waals surface area contributed by atoms with Gasteiger partial charge in [-0.15, -0.1) is 0 Å². The van der Waals surface area contributed by atoms with Gasteiger partial charge in [-0.2, -0.15) is 0 Å². The van der Waals surface area contributed by atoms with Crippen LogP contribution >= 0.6 is 0 Å². The Morgan fingerprint density at radius 1 is 0.889 bits per heavy atom. The Morgan fingerprint density at radius 2 is 1.56 bits per heavy atom. The fourth-order valence-corrected chi connectivity index (χ4v) is 3.53. The molecule has 27 heavy (non-hydrogen) atoms. The fraction of sp³-hybridized carbons (Fsp3) is 0.0870. The number of fused-ring (bicyclic) bond motifs is 1. The summed E-state index contributed by atoms with van der Waals surface area (Å²) in [5.74, 6) is -0.999. The number of rotatable bonds is 4. The molecule has 0 fully saturated rings. The van der Waals surface area contributed by atoms with Gasteiger partial charge >= 0.3 is 0 Å². The maximum atomic E-state index is 12.3. The first-order valence-electron chi connectivity index (χ1n) is 8.81. The number of hydroxylamine groups is 1. The lowest BCUT2D eigenvalue weighted by molar-refractivity contribution is -0.129. The van der Waals surface area contributed by atoms with Crippen molar-refractivity contribution in [2.75, 3.05) is 0 Å². The van der Waals surface area contributed by atoms with E-state index in [-0.39, 0.29) is 0 Å². The average Bonchev–Trinajstić information content (AvgIpc) is 3.09. The van der Waals surface area contributed by atoms with Gasteiger partial charge in [-0.1, -0.05) is 60.7 Å². The lowest BCUT2D eigenvalue weighted by Crippen LogP contribution is -2.27. The fourth-order valence-electron chi connectivity index (χ4n) is 3.53. The quantitative estimate of drug-likeness (QED) is 0.418. The average molecular weight is 356 g/mol. The van der Waals surface area contributed by atoms with Gasteiger partial charge in [0.05, 0.1) is 5.92 Å². The van der Waals surface area contributed by atoms with E-state index >= 15 is 0 Å². The zero-order valence-corrected chi connectivity index (χ0v) is 15.0. The van der Waals surface area contributed by atoms with Gasteiger partial charge in [0.15, 0.2) is 0 Å². The number of hydrogen-bond donors (Lipinski definition) is 2. The van der Waals surface area contributed by atoms with Crippen molar-refractivity contribution in [1.29, 1.82) is 0 Å². The van der Waals surface area contributed by atoms with E-state index in [0.717, 1.165) is 22.3 Å². The van der Waals surface area contributed by atoms with Crippen LogP contribution in [0.3, 0.4) is 0 Å². The van der Waals surface area contributed by atoms with E-state index in [4.69, 9.17) is 5.21 Å². The third-order valence-corrected chi connectivity index (χ3v) is 4.97. The Morgan fingerprint density at radius 3 is 2.26 bits per heavy atom. The van der Waals surface area contributed by atoms with E-state index in [1.54, 1.807) is 5.48 Å². The number of amides is 1. The van der Waals surface area contributed by atoms with Crippen molar-refractivity contribution < 1.29 is 10.0 Å².